The Morgan fingerprint density at radius 3 is 2.19 bits per heavy atom. The van der Waals surface area contributed by atoms with Crippen LogP contribution in [0.25, 0.3) is 0 Å². The average molecular weight is 288 g/mol. The number of aryl methyl sites for hydroxylation is 1. The molecule has 0 spiro atoms. The van der Waals surface area contributed by atoms with E-state index in [0.29, 0.717) is 0 Å². The molecule has 21 heavy (non-hydrogen) atoms. The predicted molar refractivity (Wildman–Crippen MR) is 91.6 cm³/mol. The third-order valence-corrected chi connectivity index (χ3v) is 4.87. The second-order valence-corrected chi connectivity index (χ2v) is 6.54. The molecule has 0 aliphatic heterocycles. The molecular formula is C19H32N2. The molecule has 0 aromatic heterocycles. The van der Waals surface area contributed by atoms with Crippen molar-refractivity contribution in [3.63, 3.8) is 0 Å². The maximum Gasteiger partial charge on any atom is 0.0233 e. The highest BCUT2D eigenvalue weighted by Crippen LogP contribution is 2.23. The van der Waals surface area contributed by atoms with Crippen LogP contribution in [0.15, 0.2) is 24.3 Å². The lowest BCUT2D eigenvalue weighted by atomic mass is 9.90. The molecule has 0 unspecified atom stereocenters. The van der Waals surface area contributed by atoms with Crippen LogP contribution < -0.4 is 5.32 Å². The van der Waals surface area contributed by atoms with Gasteiger partial charge in [0.1, 0.15) is 0 Å². The summed E-state index contributed by atoms with van der Waals surface area (Å²) in [7, 11) is 2.29. The molecule has 0 bridgehead atoms. The fourth-order valence-electron chi connectivity index (χ4n) is 3.37. The molecule has 0 saturated heterocycles. The summed E-state index contributed by atoms with van der Waals surface area (Å²) in [6, 6.07) is 10.7. The molecule has 2 rings (SSSR count). The van der Waals surface area contributed by atoms with Crippen LogP contribution in [0, 0.1) is 0 Å². The molecule has 0 radical (unpaired) electrons. The first-order valence-electron chi connectivity index (χ1n) is 8.74. The molecule has 0 atom stereocenters. The highest BCUT2D eigenvalue weighted by molar-refractivity contribution is 5.22. The van der Waals surface area contributed by atoms with Gasteiger partial charge in [0.2, 0.25) is 0 Å². The van der Waals surface area contributed by atoms with E-state index in [2.05, 4.69) is 55.4 Å². The minimum absolute atomic E-state index is 0.760. The van der Waals surface area contributed by atoms with E-state index >= 15 is 0 Å². The van der Waals surface area contributed by atoms with Crippen molar-refractivity contribution in [2.45, 2.75) is 71.0 Å². The summed E-state index contributed by atoms with van der Waals surface area (Å²) < 4.78 is 0. The van der Waals surface area contributed by atoms with Gasteiger partial charge in [-0.1, -0.05) is 38.1 Å². The van der Waals surface area contributed by atoms with Crippen LogP contribution in [-0.4, -0.2) is 30.6 Å². The Kier molecular flexibility index (Phi) is 6.72. The smallest absolute Gasteiger partial charge is 0.0233 e. The van der Waals surface area contributed by atoms with Gasteiger partial charge in [-0.2, -0.15) is 0 Å². The van der Waals surface area contributed by atoms with Crippen LogP contribution >= 0.6 is 0 Å². The van der Waals surface area contributed by atoms with Gasteiger partial charge in [0, 0.05) is 18.6 Å². The van der Waals surface area contributed by atoms with Gasteiger partial charge in [0.25, 0.3) is 0 Å². The molecule has 1 N–H and O–H groups in total. The van der Waals surface area contributed by atoms with E-state index in [4.69, 9.17) is 0 Å². The largest absolute Gasteiger partial charge is 0.314 e. The van der Waals surface area contributed by atoms with E-state index in [0.717, 1.165) is 25.0 Å². The third-order valence-electron chi connectivity index (χ3n) is 4.87. The first-order valence-corrected chi connectivity index (χ1v) is 8.74. The Bertz CT molecular complexity index is 391. The van der Waals surface area contributed by atoms with E-state index in [-0.39, 0.29) is 0 Å². The van der Waals surface area contributed by atoms with Crippen LogP contribution in [0.4, 0.5) is 0 Å². The fraction of sp³-hybridized carbons (Fsp3) is 0.684. The van der Waals surface area contributed by atoms with Gasteiger partial charge in [0.05, 0.1) is 0 Å². The zero-order chi connectivity index (χ0) is 15.1. The summed E-state index contributed by atoms with van der Waals surface area (Å²) >= 11 is 0. The maximum absolute atomic E-state index is 3.67. The molecule has 118 valence electrons. The van der Waals surface area contributed by atoms with E-state index in [1.165, 1.54) is 49.8 Å². The topological polar surface area (TPSA) is 15.3 Å². The highest BCUT2D eigenvalue weighted by atomic mass is 15.1. The van der Waals surface area contributed by atoms with Gasteiger partial charge >= 0.3 is 0 Å². The second kappa shape index (κ2) is 8.55. The van der Waals surface area contributed by atoms with E-state index in [9.17, 15) is 0 Å². The fourth-order valence-corrected chi connectivity index (χ4v) is 3.37. The Morgan fingerprint density at radius 2 is 1.62 bits per heavy atom. The number of rotatable bonds is 7. The Balaban J connectivity index is 1.77. The van der Waals surface area contributed by atoms with Crippen molar-refractivity contribution in [3.05, 3.63) is 35.4 Å². The lowest BCUT2D eigenvalue weighted by Crippen LogP contribution is -2.40. The lowest BCUT2D eigenvalue weighted by Gasteiger charge is -2.35. The number of hydrogen-bond donors (Lipinski definition) is 1. The first-order chi connectivity index (χ1) is 10.2. The molecule has 2 heteroatoms. The van der Waals surface area contributed by atoms with Crippen molar-refractivity contribution in [1.82, 2.24) is 10.2 Å². The van der Waals surface area contributed by atoms with E-state index in [1.807, 2.05) is 0 Å². The predicted octanol–water partition coefficient (Wildman–Crippen LogP) is 3.99. The lowest BCUT2D eigenvalue weighted by molar-refractivity contribution is 0.168. The van der Waals surface area contributed by atoms with Crippen molar-refractivity contribution in [2.24, 2.45) is 0 Å². The molecule has 1 aliphatic rings. The molecule has 1 fully saturated rings. The van der Waals surface area contributed by atoms with Crippen LogP contribution in [-0.2, 0) is 13.0 Å². The zero-order valence-corrected chi connectivity index (χ0v) is 14.1. The maximum atomic E-state index is 3.67. The average Bonchev–Trinajstić information content (AvgIpc) is 2.54. The van der Waals surface area contributed by atoms with Crippen LogP contribution in [0.5, 0.6) is 0 Å². The van der Waals surface area contributed by atoms with Crippen molar-refractivity contribution in [1.29, 1.82) is 0 Å². The summed E-state index contributed by atoms with van der Waals surface area (Å²) in [5.74, 6) is 0. The molecule has 1 saturated carbocycles. The standard InChI is InChI=1S/C19H32N2/c1-4-14-20-18-10-12-19(13-11-18)21(3)15-17-8-6-16(5-2)7-9-17/h6-9,18-20H,4-5,10-15H2,1-3H3. The third kappa shape index (κ3) is 5.12. The molecule has 1 aromatic rings. The number of nitrogens with one attached hydrogen (secondary N) is 1. The van der Waals surface area contributed by atoms with Crippen molar-refractivity contribution < 1.29 is 0 Å². The molecule has 1 aliphatic carbocycles. The zero-order valence-electron chi connectivity index (χ0n) is 14.1. The van der Waals surface area contributed by atoms with Crippen molar-refractivity contribution >= 4 is 0 Å². The number of benzene rings is 1. The highest BCUT2D eigenvalue weighted by Gasteiger charge is 2.23. The Morgan fingerprint density at radius 1 is 1.00 bits per heavy atom. The normalized spacial score (nSPS) is 22.7. The minimum atomic E-state index is 0.760. The van der Waals surface area contributed by atoms with E-state index in [1.54, 1.807) is 0 Å². The van der Waals surface area contributed by atoms with Gasteiger partial charge in [-0.15, -0.1) is 0 Å². The van der Waals surface area contributed by atoms with E-state index < -0.39 is 0 Å². The monoisotopic (exact) mass is 288 g/mol. The summed E-state index contributed by atoms with van der Waals surface area (Å²) in [5, 5.41) is 3.67. The summed E-state index contributed by atoms with van der Waals surface area (Å²) in [5.41, 5.74) is 2.88. The summed E-state index contributed by atoms with van der Waals surface area (Å²) in [6.45, 7) is 6.72. The van der Waals surface area contributed by atoms with Crippen LogP contribution in [0.2, 0.25) is 0 Å². The van der Waals surface area contributed by atoms with Crippen LogP contribution in [0.3, 0.4) is 0 Å². The Labute approximate surface area is 130 Å². The van der Waals surface area contributed by atoms with Gasteiger partial charge in [-0.05, 0) is 63.2 Å². The minimum Gasteiger partial charge on any atom is -0.314 e. The summed E-state index contributed by atoms with van der Waals surface area (Å²) in [4.78, 5) is 2.55. The Hall–Kier alpha value is -0.860. The molecule has 0 heterocycles. The summed E-state index contributed by atoms with van der Waals surface area (Å²) in [6.07, 6.45) is 7.72. The second-order valence-electron chi connectivity index (χ2n) is 6.54. The van der Waals surface area contributed by atoms with Gasteiger partial charge in [0.15, 0.2) is 0 Å². The number of hydrogen-bond acceptors (Lipinski definition) is 2. The van der Waals surface area contributed by atoms with Crippen molar-refractivity contribution in [3.8, 4) is 0 Å². The number of nitrogens with zero attached hydrogens (tertiary/aromatic N) is 1. The van der Waals surface area contributed by atoms with Crippen molar-refractivity contribution in [2.75, 3.05) is 13.6 Å². The molecule has 1 aromatic carbocycles. The quantitative estimate of drug-likeness (QED) is 0.816. The SMILES string of the molecule is CCCNC1CCC(N(C)Cc2ccc(CC)cc2)CC1. The molecule has 0 amide bonds. The molecular weight excluding hydrogens is 256 g/mol. The van der Waals surface area contributed by atoms with Gasteiger partial charge in [-0.25, -0.2) is 0 Å². The molecule has 2 nitrogen and oxygen atoms in total. The van der Waals surface area contributed by atoms with Gasteiger partial charge in [-0.3, -0.25) is 4.90 Å². The van der Waals surface area contributed by atoms with Crippen LogP contribution in [0.1, 0.15) is 57.1 Å². The van der Waals surface area contributed by atoms with Gasteiger partial charge < -0.3 is 5.32 Å². The first kappa shape index (κ1) is 16.5.